The van der Waals surface area contributed by atoms with E-state index in [1.807, 2.05) is 48.5 Å². The van der Waals surface area contributed by atoms with Crippen LogP contribution in [0.3, 0.4) is 0 Å². The minimum Gasteiger partial charge on any atom is -0.426 e. The summed E-state index contributed by atoms with van der Waals surface area (Å²) in [5.74, 6) is 0.296. The molecule has 126 valence electrons. The Labute approximate surface area is 142 Å². The van der Waals surface area contributed by atoms with Crippen molar-refractivity contribution < 1.29 is 19.0 Å². The molecule has 0 N–H and O–H groups in total. The van der Waals surface area contributed by atoms with E-state index in [9.17, 15) is 4.79 Å². The fourth-order valence-electron chi connectivity index (χ4n) is 2.77. The number of carbonyl (C=O) groups excluding carboxylic acids is 1. The van der Waals surface area contributed by atoms with E-state index in [0.717, 1.165) is 18.4 Å². The molecule has 0 aliphatic carbocycles. The van der Waals surface area contributed by atoms with Crippen molar-refractivity contribution in [2.45, 2.75) is 38.1 Å². The third kappa shape index (κ3) is 5.18. The summed E-state index contributed by atoms with van der Waals surface area (Å²) in [6, 6.07) is 19.2. The zero-order valence-electron chi connectivity index (χ0n) is 13.6. The first-order chi connectivity index (χ1) is 11.8. The molecule has 1 aliphatic heterocycles. The number of para-hydroxylation sites is 1. The SMILES string of the molecule is O=C(C[C@@H]1C[C@H](OCc2ccccc2)CCO1)Oc1ccccc1. The molecule has 0 aromatic heterocycles. The van der Waals surface area contributed by atoms with E-state index in [1.165, 1.54) is 0 Å². The Morgan fingerprint density at radius 1 is 1.04 bits per heavy atom. The van der Waals surface area contributed by atoms with Crippen molar-refractivity contribution in [1.82, 2.24) is 0 Å². The summed E-state index contributed by atoms with van der Waals surface area (Å²) in [6.07, 6.45) is 1.80. The molecule has 2 aromatic carbocycles. The van der Waals surface area contributed by atoms with Crippen LogP contribution in [0.25, 0.3) is 0 Å². The Hall–Kier alpha value is -2.17. The van der Waals surface area contributed by atoms with Crippen LogP contribution in [0.5, 0.6) is 5.75 Å². The predicted octanol–water partition coefficient (Wildman–Crippen LogP) is 3.75. The number of ether oxygens (including phenoxy) is 3. The molecule has 0 radical (unpaired) electrons. The van der Waals surface area contributed by atoms with Gasteiger partial charge in [-0.1, -0.05) is 48.5 Å². The monoisotopic (exact) mass is 326 g/mol. The fourth-order valence-corrected chi connectivity index (χ4v) is 2.77. The van der Waals surface area contributed by atoms with Gasteiger partial charge in [0.15, 0.2) is 0 Å². The molecule has 2 aromatic rings. The van der Waals surface area contributed by atoms with E-state index in [2.05, 4.69) is 0 Å². The maximum atomic E-state index is 12.0. The average molecular weight is 326 g/mol. The second kappa shape index (κ2) is 8.62. The summed E-state index contributed by atoms with van der Waals surface area (Å²) in [7, 11) is 0. The van der Waals surface area contributed by atoms with Crippen molar-refractivity contribution in [2.75, 3.05) is 6.61 Å². The second-order valence-electron chi connectivity index (χ2n) is 5.93. The first kappa shape index (κ1) is 16.7. The van der Waals surface area contributed by atoms with Gasteiger partial charge in [-0.2, -0.15) is 0 Å². The second-order valence-corrected chi connectivity index (χ2v) is 5.93. The van der Waals surface area contributed by atoms with E-state index in [0.29, 0.717) is 19.0 Å². The number of hydrogen-bond donors (Lipinski definition) is 0. The molecular weight excluding hydrogens is 304 g/mol. The lowest BCUT2D eigenvalue weighted by atomic mass is 10.0. The van der Waals surface area contributed by atoms with Gasteiger partial charge in [0.2, 0.25) is 0 Å². The number of esters is 1. The van der Waals surface area contributed by atoms with Crippen LogP contribution in [-0.2, 0) is 20.9 Å². The van der Waals surface area contributed by atoms with Crippen molar-refractivity contribution in [1.29, 1.82) is 0 Å². The lowest BCUT2D eigenvalue weighted by Gasteiger charge is -2.29. The maximum Gasteiger partial charge on any atom is 0.313 e. The summed E-state index contributed by atoms with van der Waals surface area (Å²) in [5.41, 5.74) is 1.16. The number of carbonyl (C=O) groups is 1. The van der Waals surface area contributed by atoms with E-state index >= 15 is 0 Å². The van der Waals surface area contributed by atoms with Crippen LogP contribution in [0.1, 0.15) is 24.8 Å². The van der Waals surface area contributed by atoms with E-state index in [4.69, 9.17) is 14.2 Å². The number of benzene rings is 2. The summed E-state index contributed by atoms with van der Waals surface area (Å²) in [6.45, 7) is 1.20. The van der Waals surface area contributed by atoms with E-state index < -0.39 is 0 Å². The molecule has 1 heterocycles. The third-order valence-electron chi connectivity index (χ3n) is 4.02. The van der Waals surface area contributed by atoms with Crippen LogP contribution < -0.4 is 4.74 Å². The highest BCUT2D eigenvalue weighted by Crippen LogP contribution is 2.21. The number of hydrogen-bond acceptors (Lipinski definition) is 4. The van der Waals surface area contributed by atoms with Crippen LogP contribution in [0.2, 0.25) is 0 Å². The summed E-state index contributed by atoms with van der Waals surface area (Å²) in [5, 5.41) is 0. The minimum atomic E-state index is -0.269. The maximum absolute atomic E-state index is 12.0. The fraction of sp³-hybridized carbons (Fsp3) is 0.350. The standard InChI is InChI=1S/C20H22O4/c21-20(24-17-9-5-2-6-10-17)14-19-13-18(11-12-22-19)23-15-16-7-3-1-4-8-16/h1-10,18-19H,11-15H2/t18-,19+/m1/s1. The van der Waals surface area contributed by atoms with Gasteiger partial charge in [-0.05, 0) is 24.1 Å². The van der Waals surface area contributed by atoms with E-state index in [1.54, 1.807) is 12.1 Å². The highest BCUT2D eigenvalue weighted by molar-refractivity contribution is 5.72. The topological polar surface area (TPSA) is 44.8 Å². The normalized spacial score (nSPS) is 20.5. The van der Waals surface area contributed by atoms with Crippen molar-refractivity contribution in [3.63, 3.8) is 0 Å². The zero-order valence-corrected chi connectivity index (χ0v) is 13.6. The molecule has 0 saturated carbocycles. The van der Waals surface area contributed by atoms with Gasteiger partial charge in [-0.3, -0.25) is 4.79 Å². The highest BCUT2D eigenvalue weighted by Gasteiger charge is 2.26. The molecule has 0 spiro atoms. The number of rotatable bonds is 6. The molecule has 1 fully saturated rings. The van der Waals surface area contributed by atoms with Gasteiger partial charge in [-0.15, -0.1) is 0 Å². The molecule has 4 heteroatoms. The van der Waals surface area contributed by atoms with Gasteiger partial charge in [0.05, 0.1) is 25.2 Å². The lowest BCUT2D eigenvalue weighted by Crippen LogP contribution is -2.33. The Bertz CT molecular complexity index is 627. The van der Waals surface area contributed by atoms with Crippen LogP contribution in [-0.4, -0.2) is 24.8 Å². The average Bonchev–Trinajstić information content (AvgIpc) is 2.62. The van der Waals surface area contributed by atoms with Gasteiger partial charge in [-0.25, -0.2) is 0 Å². The highest BCUT2D eigenvalue weighted by atomic mass is 16.5. The third-order valence-corrected chi connectivity index (χ3v) is 4.02. The largest absolute Gasteiger partial charge is 0.426 e. The Kier molecular flexibility index (Phi) is 5.99. The van der Waals surface area contributed by atoms with Crippen LogP contribution >= 0.6 is 0 Å². The lowest BCUT2D eigenvalue weighted by molar-refractivity contribution is -0.141. The van der Waals surface area contributed by atoms with Crippen LogP contribution in [0.15, 0.2) is 60.7 Å². The molecule has 0 unspecified atom stereocenters. The molecule has 0 bridgehead atoms. The molecule has 3 rings (SSSR count). The first-order valence-electron chi connectivity index (χ1n) is 8.32. The van der Waals surface area contributed by atoms with Crippen molar-refractivity contribution in [2.24, 2.45) is 0 Å². The summed E-state index contributed by atoms with van der Waals surface area (Å²) >= 11 is 0. The van der Waals surface area contributed by atoms with Gasteiger partial charge in [0.1, 0.15) is 5.75 Å². The summed E-state index contributed by atoms with van der Waals surface area (Å²) in [4.78, 5) is 12.0. The van der Waals surface area contributed by atoms with E-state index in [-0.39, 0.29) is 24.6 Å². The predicted molar refractivity (Wildman–Crippen MR) is 90.7 cm³/mol. The van der Waals surface area contributed by atoms with Crippen molar-refractivity contribution in [3.8, 4) is 5.75 Å². The molecule has 2 atom stereocenters. The first-order valence-corrected chi connectivity index (χ1v) is 8.32. The molecule has 4 nitrogen and oxygen atoms in total. The molecule has 0 amide bonds. The van der Waals surface area contributed by atoms with Gasteiger partial charge in [0, 0.05) is 13.0 Å². The quantitative estimate of drug-likeness (QED) is 0.599. The minimum absolute atomic E-state index is 0.119. The van der Waals surface area contributed by atoms with Crippen molar-refractivity contribution in [3.05, 3.63) is 66.2 Å². The van der Waals surface area contributed by atoms with Gasteiger partial charge in [0.25, 0.3) is 0 Å². The van der Waals surface area contributed by atoms with Crippen LogP contribution in [0, 0.1) is 0 Å². The summed E-state index contributed by atoms with van der Waals surface area (Å²) < 4.78 is 17.0. The Balaban J connectivity index is 1.44. The molecule has 1 aliphatic rings. The molecule has 24 heavy (non-hydrogen) atoms. The smallest absolute Gasteiger partial charge is 0.313 e. The zero-order chi connectivity index (χ0) is 16.6. The van der Waals surface area contributed by atoms with Gasteiger partial charge < -0.3 is 14.2 Å². The molecule has 1 saturated heterocycles. The van der Waals surface area contributed by atoms with Crippen molar-refractivity contribution >= 4 is 5.97 Å². The van der Waals surface area contributed by atoms with Gasteiger partial charge >= 0.3 is 5.97 Å². The Morgan fingerprint density at radius 2 is 1.75 bits per heavy atom. The molecular formula is C20H22O4. The Morgan fingerprint density at radius 3 is 2.50 bits per heavy atom. The van der Waals surface area contributed by atoms with Crippen LogP contribution in [0.4, 0.5) is 0 Å².